The van der Waals surface area contributed by atoms with Crippen LogP contribution in [0.4, 0.5) is 0 Å². The lowest BCUT2D eigenvalue weighted by molar-refractivity contribution is 0.189. The normalized spacial score (nSPS) is 25.2. The van der Waals surface area contributed by atoms with Crippen molar-refractivity contribution in [2.45, 2.75) is 26.4 Å². The van der Waals surface area contributed by atoms with Crippen LogP contribution in [0.15, 0.2) is 24.5 Å². The second-order valence-electron chi connectivity index (χ2n) is 6.49. The second-order valence-corrected chi connectivity index (χ2v) is 6.49. The van der Waals surface area contributed by atoms with Gasteiger partial charge >= 0.3 is 0 Å². The van der Waals surface area contributed by atoms with Crippen molar-refractivity contribution in [1.82, 2.24) is 14.8 Å². The SMILES string of the molecule is CN1CC(C)(C)CN(Cc2ccncc2)CC1CN. The van der Waals surface area contributed by atoms with E-state index in [1.165, 1.54) is 5.56 Å². The number of nitrogens with zero attached hydrogens (tertiary/aromatic N) is 3. The summed E-state index contributed by atoms with van der Waals surface area (Å²) in [5, 5.41) is 0. The van der Waals surface area contributed by atoms with Gasteiger partial charge in [-0.15, -0.1) is 0 Å². The smallest absolute Gasteiger partial charge is 0.0343 e. The van der Waals surface area contributed by atoms with Crippen LogP contribution in [-0.4, -0.2) is 54.1 Å². The van der Waals surface area contributed by atoms with E-state index in [0.717, 1.165) is 32.7 Å². The van der Waals surface area contributed by atoms with E-state index in [0.29, 0.717) is 11.5 Å². The number of aromatic nitrogens is 1. The summed E-state index contributed by atoms with van der Waals surface area (Å²) in [6.45, 7) is 9.62. The van der Waals surface area contributed by atoms with Crippen molar-refractivity contribution >= 4 is 0 Å². The lowest BCUT2D eigenvalue weighted by Gasteiger charge is -2.30. The van der Waals surface area contributed by atoms with E-state index in [-0.39, 0.29) is 0 Å². The fourth-order valence-corrected chi connectivity index (χ4v) is 3.08. The predicted octanol–water partition coefficient (Wildman–Crippen LogP) is 1.18. The van der Waals surface area contributed by atoms with Crippen LogP contribution in [0.1, 0.15) is 19.4 Å². The highest BCUT2D eigenvalue weighted by molar-refractivity contribution is 5.09. The van der Waals surface area contributed by atoms with Gasteiger partial charge in [0, 0.05) is 51.2 Å². The molecule has 4 nitrogen and oxygen atoms in total. The Labute approximate surface area is 116 Å². The largest absolute Gasteiger partial charge is 0.329 e. The third-order valence-electron chi connectivity index (χ3n) is 3.85. The maximum absolute atomic E-state index is 5.93. The van der Waals surface area contributed by atoms with Gasteiger partial charge in [-0.25, -0.2) is 0 Å². The highest BCUT2D eigenvalue weighted by atomic mass is 15.2. The van der Waals surface area contributed by atoms with Crippen LogP contribution in [0.3, 0.4) is 0 Å². The van der Waals surface area contributed by atoms with Gasteiger partial charge in [-0.2, -0.15) is 0 Å². The Balaban J connectivity index is 2.10. The van der Waals surface area contributed by atoms with Gasteiger partial charge in [-0.1, -0.05) is 13.8 Å². The molecule has 2 N–H and O–H groups in total. The van der Waals surface area contributed by atoms with Gasteiger partial charge in [0.1, 0.15) is 0 Å². The third-order valence-corrected chi connectivity index (χ3v) is 3.85. The molecule has 1 aromatic heterocycles. The quantitative estimate of drug-likeness (QED) is 0.888. The Morgan fingerprint density at radius 1 is 1.32 bits per heavy atom. The molecule has 4 heteroatoms. The van der Waals surface area contributed by atoms with Crippen LogP contribution in [0.2, 0.25) is 0 Å². The maximum atomic E-state index is 5.93. The predicted molar refractivity (Wildman–Crippen MR) is 78.8 cm³/mol. The molecule has 1 aliphatic rings. The second kappa shape index (κ2) is 5.99. The van der Waals surface area contributed by atoms with Crippen molar-refractivity contribution in [2.75, 3.05) is 33.2 Å². The molecular formula is C15H26N4. The molecule has 0 radical (unpaired) electrons. The maximum Gasteiger partial charge on any atom is 0.0343 e. The molecule has 2 rings (SSSR count). The van der Waals surface area contributed by atoms with E-state index in [4.69, 9.17) is 5.73 Å². The highest BCUT2D eigenvalue weighted by Gasteiger charge is 2.31. The molecule has 1 unspecified atom stereocenters. The Kier molecular flexibility index (Phi) is 4.55. The summed E-state index contributed by atoms with van der Waals surface area (Å²) >= 11 is 0. The van der Waals surface area contributed by atoms with E-state index in [1.807, 2.05) is 12.4 Å². The molecule has 106 valence electrons. The molecule has 0 aromatic carbocycles. The molecule has 1 aromatic rings. The van der Waals surface area contributed by atoms with Crippen molar-refractivity contribution in [2.24, 2.45) is 11.1 Å². The minimum absolute atomic E-state index is 0.297. The number of hydrogen-bond donors (Lipinski definition) is 1. The average molecular weight is 262 g/mol. The molecule has 2 heterocycles. The van der Waals surface area contributed by atoms with Crippen LogP contribution in [0.25, 0.3) is 0 Å². The fraction of sp³-hybridized carbons (Fsp3) is 0.667. The number of rotatable bonds is 3. The van der Waals surface area contributed by atoms with Crippen molar-refractivity contribution in [1.29, 1.82) is 0 Å². The van der Waals surface area contributed by atoms with Crippen LogP contribution in [0.5, 0.6) is 0 Å². The standard InChI is InChI=1S/C15H26N4/c1-15(2)11-18(3)14(8-16)10-19(12-15)9-13-4-6-17-7-5-13/h4-7,14H,8-12,16H2,1-3H3. The van der Waals surface area contributed by atoms with Crippen molar-refractivity contribution < 1.29 is 0 Å². The Bertz CT molecular complexity index is 390. The zero-order valence-electron chi connectivity index (χ0n) is 12.3. The molecule has 0 saturated carbocycles. The molecule has 1 atom stereocenters. The molecule has 0 spiro atoms. The zero-order chi connectivity index (χ0) is 13.9. The third kappa shape index (κ3) is 4.00. The average Bonchev–Trinajstić information content (AvgIpc) is 2.45. The molecule has 1 fully saturated rings. The lowest BCUT2D eigenvalue weighted by atomic mass is 9.92. The van der Waals surface area contributed by atoms with E-state index < -0.39 is 0 Å². The van der Waals surface area contributed by atoms with Crippen LogP contribution >= 0.6 is 0 Å². The number of pyridine rings is 1. The first kappa shape index (κ1) is 14.4. The van der Waals surface area contributed by atoms with Gasteiger partial charge in [0.2, 0.25) is 0 Å². The Morgan fingerprint density at radius 2 is 2.00 bits per heavy atom. The summed E-state index contributed by atoms with van der Waals surface area (Å²) in [4.78, 5) is 9.02. The first-order valence-electron chi connectivity index (χ1n) is 7.02. The van der Waals surface area contributed by atoms with Crippen molar-refractivity contribution in [3.63, 3.8) is 0 Å². The van der Waals surface area contributed by atoms with Crippen LogP contribution < -0.4 is 5.73 Å². The summed E-state index contributed by atoms with van der Waals surface area (Å²) < 4.78 is 0. The van der Waals surface area contributed by atoms with E-state index in [9.17, 15) is 0 Å². The van der Waals surface area contributed by atoms with Crippen LogP contribution in [0, 0.1) is 5.41 Å². The molecule has 19 heavy (non-hydrogen) atoms. The van der Waals surface area contributed by atoms with Gasteiger partial charge in [0.25, 0.3) is 0 Å². The summed E-state index contributed by atoms with van der Waals surface area (Å²) in [5.74, 6) is 0. The summed E-state index contributed by atoms with van der Waals surface area (Å²) in [7, 11) is 2.19. The first-order chi connectivity index (χ1) is 9.00. The van der Waals surface area contributed by atoms with Gasteiger partial charge in [0.05, 0.1) is 0 Å². The van der Waals surface area contributed by atoms with Gasteiger partial charge < -0.3 is 10.6 Å². The van der Waals surface area contributed by atoms with Crippen LogP contribution in [-0.2, 0) is 6.54 Å². The minimum atomic E-state index is 0.297. The molecule has 1 aliphatic heterocycles. The number of nitrogens with two attached hydrogens (primary N) is 1. The first-order valence-corrected chi connectivity index (χ1v) is 7.02. The number of hydrogen-bond acceptors (Lipinski definition) is 4. The minimum Gasteiger partial charge on any atom is -0.329 e. The molecule has 0 amide bonds. The highest BCUT2D eigenvalue weighted by Crippen LogP contribution is 2.24. The topological polar surface area (TPSA) is 45.4 Å². The Hall–Kier alpha value is -0.970. The van der Waals surface area contributed by atoms with Gasteiger partial charge in [0.15, 0.2) is 0 Å². The van der Waals surface area contributed by atoms with Crippen molar-refractivity contribution in [3.8, 4) is 0 Å². The number of likely N-dealkylation sites (N-methyl/N-ethyl adjacent to an activating group) is 1. The lowest BCUT2D eigenvalue weighted by Crippen LogP contribution is -2.43. The monoisotopic (exact) mass is 262 g/mol. The van der Waals surface area contributed by atoms with Gasteiger partial charge in [-0.3, -0.25) is 9.88 Å². The Morgan fingerprint density at radius 3 is 2.63 bits per heavy atom. The van der Waals surface area contributed by atoms with E-state index >= 15 is 0 Å². The van der Waals surface area contributed by atoms with Gasteiger partial charge in [-0.05, 0) is 30.2 Å². The summed E-state index contributed by atoms with van der Waals surface area (Å²) in [6.07, 6.45) is 3.73. The molecular weight excluding hydrogens is 236 g/mol. The van der Waals surface area contributed by atoms with E-state index in [2.05, 4.69) is 47.8 Å². The summed E-state index contributed by atoms with van der Waals surface area (Å²) in [5.41, 5.74) is 7.55. The summed E-state index contributed by atoms with van der Waals surface area (Å²) in [6, 6.07) is 4.64. The molecule has 1 saturated heterocycles. The van der Waals surface area contributed by atoms with Crippen molar-refractivity contribution in [3.05, 3.63) is 30.1 Å². The fourth-order valence-electron chi connectivity index (χ4n) is 3.08. The zero-order valence-corrected chi connectivity index (χ0v) is 12.3. The van der Waals surface area contributed by atoms with E-state index in [1.54, 1.807) is 0 Å². The molecule has 0 aliphatic carbocycles. The molecule has 0 bridgehead atoms.